The second-order valence-electron chi connectivity index (χ2n) is 6.88. The third-order valence-corrected chi connectivity index (χ3v) is 4.52. The minimum Gasteiger partial charge on any atom is -0.485 e. The number of halogens is 2. The molecule has 2 unspecified atom stereocenters. The van der Waals surface area contributed by atoms with E-state index < -0.39 is 0 Å². The number of rotatable bonds is 12. The zero-order valence-electron chi connectivity index (χ0n) is 17.5. The summed E-state index contributed by atoms with van der Waals surface area (Å²) in [6, 6.07) is 6.46. The number of para-hydroxylation sites is 1. The van der Waals surface area contributed by atoms with E-state index in [0.29, 0.717) is 12.5 Å². The van der Waals surface area contributed by atoms with Gasteiger partial charge >= 0.3 is 0 Å². The maximum Gasteiger partial charge on any atom is 0.191 e. The quantitative estimate of drug-likeness (QED) is 0.190. The molecule has 6 nitrogen and oxygen atoms in total. The fraction of sp³-hybridized carbons (Fsp3) is 0.667. The molecule has 0 bridgehead atoms. The number of benzene rings is 1. The molecule has 1 fully saturated rings. The van der Waals surface area contributed by atoms with Gasteiger partial charge in [-0.15, -0.1) is 24.0 Å². The molecule has 0 spiro atoms. The van der Waals surface area contributed by atoms with Crippen LogP contribution in [0.2, 0.25) is 0 Å². The van der Waals surface area contributed by atoms with E-state index in [-0.39, 0.29) is 41.6 Å². The standard InChI is InChI=1S/C21H34FN3O3.HI/c1-3-18(28-20-9-6-5-8-19(20)22)14-25-21(23-4-2)24-11-7-12-26-15-17-10-13-27-16-17;/h5-6,8-9,17-18H,3-4,7,10-16H2,1-2H3,(H2,23,24,25);1H. The maximum atomic E-state index is 13.8. The number of hydrogen-bond donors (Lipinski definition) is 2. The molecule has 8 heteroatoms. The predicted molar refractivity (Wildman–Crippen MR) is 125 cm³/mol. The van der Waals surface area contributed by atoms with Crippen LogP contribution in [0.15, 0.2) is 29.3 Å². The molecule has 0 aliphatic carbocycles. The number of nitrogens with zero attached hydrogens (tertiary/aromatic N) is 1. The lowest BCUT2D eigenvalue weighted by Crippen LogP contribution is -2.39. The minimum atomic E-state index is -0.348. The Balaban J connectivity index is 0.00000420. The van der Waals surface area contributed by atoms with Gasteiger partial charge in [-0.05, 0) is 38.3 Å². The summed E-state index contributed by atoms with van der Waals surface area (Å²) in [5.41, 5.74) is 0. The summed E-state index contributed by atoms with van der Waals surface area (Å²) >= 11 is 0. The number of ether oxygens (including phenoxy) is 3. The summed E-state index contributed by atoms with van der Waals surface area (Å²) in [5.74, 6) is 1.21. The highest BCUT2D eigenvalue weighted by atomic mass is 127. The molecular formula is C21H35FIN3O3. The van der Waals surface area contributed by atoms with E-state index in [9.17, 15) is 4.39 Å². The van der Waals surface area contributed by atoms with Crippen LogP contribution in [0.3, 0.4) is 0 Å². The molecule has 0 amide bonds. The van der Waals surface area contributed by atoms with E-state index >= 15 is 0 Å². The molecule has 1 aliphatic heterocycles. The van der Waals surface area contributed by atoms with Crippen LogP contribution in [0.5, 0.6) is 5.75 Å². The van der Waals surface area contributed by atoms with Gasteiger partial charge in [-0.3, -0.25) is 0 Å². The maximum absolute atomic E-state index is 13.8. The van der Waals surface area contributed by atoms with Crippen LogP contribution >= 0.6 is 24.0 Å². The molecule has 2 atom stereocenters. The van der Waals surface area contributed by atoms with Crippen molar-refractivity contribution in [2.75, 3.05) is 46.1 Å². The largest absolute Gasteiger partial charge is 0.485 e. The first-order valence-electron chi connectivity index (χ1n) is 10.3. The highest BCUT2D eigenvalue weighted by Gasteiger charge is 2.15. The second kappa shape index (κ2) is 15.7. The van der Waals surface area contributed by atoms with Gasteiger partial charge in [-0.1, -0.05) is 19.1 Å². The Morgan fingerprint density at radius 3 is 2.83 bits per heavy atom. The summed E-state index contributed by atoms with van der Waals surface area (Å²) in [5, 5.41) is 6.53. The van der Waals surface area contributed by atoms with Crippen molar-refractivity contribution >= 4 is 29.9 Å². The van der Waals surface area contributed by atoms with Crippen LogP contribution < -0.4 is 15.4 Å². The van der Waals surface area contributed by atoms with Crippen LogP contribution in [0.25, 0.3) is 0 Å². The van der Waals surface area contributed by atoms with E-state index in [1.54, 1.807) is 18.2 Å². The van der Waals surface area contributed by atoms with E-state index in [2.05, 4.69) is 15.6 Å². The van der Waals surface area contributed by atoms with Crippen molar-refractivity contribution in [2.24, 2.45) is 10.9 Å². The minimum absolute atomic E-state index is 0. The van der Waals surface area contributed by atoms with Crippen LogP contribution in [0.4, 0.5) is 4.39 Å². The molecule has 166 valence electrons. The Morgan fingerprint density at radius 2 is 2.14 bits per heavy atom. The molecule has 0 aromatic heterocycles. The average Bonchev–Trinajstić information content (AvgIpc) is 3.22. The van der Waals surface area contributed by atoms with Gasteiger partial charge in [0.05, 0.1) is 19.8 Å². The van der Waals surface area contributed by atoms with Gasteiger partial charge in [-0.2, -0.15) is 0 Å². The van der Waals surface area contributed by atoms with Gasteiger partial charge < -0.3 is 24.8 Å². The Kier molecular flexibility index (Phi) is 14.0. The molecule has 0 saturated carbocycles. The zero-order chi connectivity index (χ0) is 20.0. The number of guanidine groups is 1. The number of hydrogen-bond acceptors (Lipinski definition) is 4. The van der Waals surface area contributed by atoms with Crippen LogP contribution in [-0.2, 0) is 9.47 Å². The first kappa shape index (κ1) is 25.9. The Labute approximate surface area is 191 Å². The SMILES string of the molecule is CCNC(=NCC(CC)Oc1ccccc1F)NCCCOCC1CCOC1.I. The van der Waals surface area contributed by atoms with Crippen molar-refractivity contribution in [1.82, 2.24) is 10.6 Å². The number of nitrogens with one attached hydrogen (secondary N) is 2. The van der Waals surface area contributed by atoms with E-state index in [1.807, 2.05) is 13.8 Å². The van der Waals surface area contributed by atoms with E-state index in [4.69, 9.17) is 14.2 Å². The van der Waals surface area contributed by atoms with Crippen molar-refractivity contribution in [2.45, 2.75) is 39.2 Å². The first-order valence-corrected chi connectivity index (χ1v) is 10.3. The van der Waals surface area contributed by atoms with Crippen molar-refractivity contribution in [1.29, 1.82) is 0 Å². The summed E-state index contributed by atoms with van der Waals surface area (Å²) in [4.78, 5) is 4.58. The van der Waals surface area contributed by atoms with E-state index in [1.165, 1.54) is 6.07 Å². The molecule has 0 radical (unpaired) electrons. The molecule has 1 saturated heterocycles. The fourth-order valence-corrected chi connectivity index (χ4v) is 2.85. The van der Waals surface area contributed by atoms with E-state index in [0.717, 1.165) is 64.7 Å². The smallest absolute Gasteiger partial charge is 0.191 e. The molecule has 1 heterocycles. The topological polar surface area (TPSA) is 64.1 Å². The summed E-state index contributed by atoms with van der Waals surface area (Å²) < 4.78 is 30.6. The van der Waals surface area contributed by atoms with Gasteiger partial charge in [0, 0.05) is 32.2 Å². The molecule has 2 N–H and O–H groups in total. The Hall–Kier alpha value is -1.13. The summed E-state index contributed by atoms with van der Waals surface area (Å²) in [6.45, 7) is 9.22. The predicted octanol–water partition coefficient (Wildman–Crippen LogP) is 3.60. The molecule has 1 aliphatic rings. The summed E-state index contributed by atoms with van der Waals surface area (Å²) in [6.07, 6.45) is 2.57. The normalized spacial score (nSPS) is 17.5. The zero-order valence-corrected chi connectivity index (χ0v) is 19.8. The molecule has 1 aromatic carbocycles. The summed E-state index contributed by atoms with van der Waals surface area (Å²) in [7, 11) is 0. The highest BCUT2D eigenvalue weighted by Crippen LogP contribution is 2.18. The van der Waals surface area contributed by atoms with Gasteiger partial charge in [0.15, 0.2) is 17.5 Å². The lowest BCUT2D eigenvalue weighted by molar-refractivity contribution is 0.0888. The van der Waals surface area contributed by atoms with Crippen LogP contribution in [-0.4, -0.2) is 58.1 Å². The lowest BCUT2D eigenvalue weighted by atomic mass is 10.1. The second-order valence-corrected chi connectivity index (χ2v) is 6.88. The van der Waals surface area contributed by atoms with Crippen LogP contribution in [0, 0.1) is 11.7 Å². The lowest BCUT2D eigenvalue weighted by Gasteiger charge is -2.17. The molecule has 1 aromatic rings. The first-order chi connectivity index (χ1) is 13.7. The van der Waals surface area contributed by atoms with Gasteiger partial charge in [-0.25, -0.2) is 9.38 Å². The number of aliphatic imine (C=N–C) groups is 1. The molecular weight excluding hydrogens is 488 g/mol. The third kappa shape index (κ3) is 10.5. The van der Waals surface area contributed by atoms with Crippen LogP contribution in [0.1, 0.15) is 33.1 Å². The van der Waals surface area contributed by atoms with Crippen molar-refractivity contribution in [3.05, 3.63) is 30.1 Å². The average molecular weight is 523 g/mol. The van der Waals surface area contributed by atoms with Gasteiger partial charge in [0.2, 0.25) is 0 Å². The van der Waals surface area contributed by atoms with Gasteiger partial charge in [0.1, 0.15) is 6.10 Å². The molecule has 29 heavy (non-hydrogen) atoms. The Bertz CT molecular complexity index is 586. The Morgan fingerprint density at radius 1 is 1.31 bits per heavy atom. The van der Waals surface area contributed by atoms with Crippen molar-refractivity contribution < 1.29 is 18.6 Å². The van der Waals surface area contributed by atoms with Crippen molar-refractivity contribution in [3.63, 3.8) is 0 Å². The molecule has 2 rings (SSSR count). The third-order valence-electron chi connectivity index (χ3n) is 4.52. The van der Waals surface area contributed by atoms with Gasteiger partial charge in [0.25, 0.3) is 0 Å². The highest BCUT2D eigenvalue weighted by molar-refractivity contribution is 14.0. The monoisotopic (exact) mass is 523 g/mol. The fourth-order valence-electron chi connectivity index (χ4n) is 2.85. The van der Waals surface area contributed by atoms with Crippen molar-refractivity contribution in [3.8, 4) is 5.75 Å².